The molecule has 0 amide bonds. The fourth-order valence-corrected chi connectivity index (χ4v) is 3.52. The summed E-state index contributed by atoms with van der Waals surface area (Å²) in [7, 11) is 0. The van der Waals surface area contributed by atoms with E-state index >= 15 is 0 Å². The second kappa shape index (κ2) is 5.86. The van der Waals surface area contributed by atoms with Crippen molar-refractivity contribution in [3.8, 4) is 0 Å². The molecule has 0 saturated carbocycles. The van der Waals surface area contributed by atoms with Crippen LogP contribution in [0.1, 0.15) is 44.1 Å². The summed E-state index contributed by atoms with van der Waals surface area (Å²) < 4.78 is 6.75. The molecule has 2 bridgehead atoms. The van der Waals surface area contributed by atoms with Gasteiger partial charge in [-0.15, -0.1) is 0 Å². The molecule has 4 atom stereocenters. The molecule has 2 heterocycles. The van der Waals surface area contributed by atoms with E-state index in [1.165, 1.54) is 12.8 Å². The van der Waals surface area contributed by atoms with Crippen LogP contribution in [0.3, 0.4) is 0 Å². The third-order valence-electron chi connectivity index (χ3n) is 4.44. The molecule has 3 rings (SSSR count). The molecule has 2 saturated heterocycles. The van der Waals surface area contributed by atoms with Gasteiger partial charge in [-0.25, -0.2) is 0 Å². The Labute approximate surface area is 128 Å². The van der Waals surface area contributed by atoms with Gasteiger partial charge in [-0.2, -0.15) is 0 Å². The van der Waals surface area contributed by atoms with Crippen LogP contribution in [0.2, 0.25) is 0 Å². The zero-order valence-corrected chi connectivity index (χ0v) is 13.2. The summed E-state index contributed by atoms with van der Waals surface area (Å²) in [5, 5.41) is 3.56. The van der Waals surface area contributed by atoms with Crippen molar-refractivity contribution < 1.29 is 9.53 Å². The normalized spacial score (nSPS) is 30.0. The summed E-state index contributed by atoms with van der Waals surface area (Å²) in [5.41, 5.74) is 1.01. The van der Waals surface area contributed by atoms with Crippen LogP contribution < -0.4 is 5.32 Å². The van der Waals surface area contributed by atoms with Crippen LogP contribution in [0, 0.1) is 0 Å². The number of carbonyl (C=O) groups excluding carboxylic acids is 1. The second-order valence-electron chi connectivity index (χ2n) is 5.94. The van der Waals surface area contributed by atoms with E-state index in [2.05, 4.69) is 21.2 Å². The predicted octanol–water partition coefficient (Wildman–Crippen LogP) is 3.38. The van der Waals surface area contributed by atoms with Gasteiger partial charge in [-0.3, -0.25) is 4.79 Å². The first-order valence-electron chi connectivity index (χ1n) is 7.34. The van der Waals surface area contributed by atoms with Crippen LogP contribution in [-0.2, 0) is 9.53 Å². The van der Waals surface area contributed by atoms with Crippen LogP contribution >= 0.6 is 15.9 Å². The molecule has 2 aliphatic heterocycles. The highest BCUT2D eigenvalue weighted by Gasteiger charge is 2.35. The molecule has 2 unspecified atom stereocenters. The van der Waals surface area contributed by atoms with Gasteiger partial charge in [-0.1, -0.05) is 28.1 Å². The van der Waals surface area contributed by atoms with Gasteiger partial charge in [0.1, 0.15) is 6.10 Å². The minimum absolute atomic E-state index is 0.0964. The minimum Gasteiger partial charge on any atom is -0.462 e. The maximum Gasteiger partial charge on any atom is 0.313 e. The van der Waals surface area contributed by atoms with Gasteiger partial charge in [0.15, 0.2) is 0 Å². The van der Waals surface area contributed by atoms with Crippen molar-refractivity contribution in [1.29, 1.82) is 0 Å². The Kier molecular flexibility index (Phi) is 4.13. The molecule has 0 radical (unpaired) electrons. The van der Waals surface area contributed by atoms with E-state index in [9.17, 15) is 4.79 Å². The third kappa shape index (κ3) is 3.07. The molecular weight excluding hydrogens is 318 g/mol. The Morgan fingerprint density at radius 1 is 1.25 bits per heavy atom. The highest BCUT2D eigenvalue weighted by Crippen LogP contribution is 2.30. The van der Waals surface area contributed by atoms with Gasteiger partial charge < -0.3 is 10.1 Å². The van der Waals surface area contributed by atoms with Crippen molar-refractivity contribution in [2.24, 2.45) is 0 Å². The Bertz CT molecular complexity index is 476. The summed E-state index contributed by atoms with van der Waals surface area (Å²) in [4.78, 5) is 12.3. The highest BCUT2D eigenvalue weighted by molar-refractivity contribution is 9.10. The lowest BCUT2D eigenvalue weighted by atomic mass is 10.00. The van der Waals surface area contributed by atoms with Gasteiger partial charge in [0.25, 0.3) is 0 Å². The lowest BCUT2D eigenvalue weighted by Crippen LogP contribution is -2.42. The van der Waals surface area contributed by atoms with Crippen molar-refractivity contribution in [1.82, 2.24) is 5.32 Å². The van der Waals surface area contributed by atoms with Gasteiger partial charge in [0.2, 0.25) is 0 Å². The summed E-state index contributed by atoms with van der Waals surface area (Å²) in [5.74, 6) is -0.297. The molecule has 3 nitrogen and oxygen atoms in total. The molecule has 0 spiro atoms. The molecule has 1 aromatic rings. The number of halogens is 1. The molecule has 20 heavy (non-hydrogen) atoms. The number of piperidine rings is 1. The van der Waals surface area contributed by atoms with Crippen molar-refractivity contribution in [3.63, 3.8) is 0 Å². The number of nitrogens with one attached hydrogen (secondary N) is 1. The van der Waals surface area contributed by atoms with Crippen LogP contribution in [0.25, 0.3) is 0 Å². The average Bonchev–Trinajstić information content (AvgIpc) is 2.78. The number of carbonyl (C=O) groups is 1. The first-order valence-corrected chi connectivity index (χ1v) is 8.13. The standard InChI is InChI=1S/C16H20BrNO2/c1-10(11-2-4-12(17)5-3-11)16(19)20-15-8-13-6-7-14(9-15)18-13/h2-5,10,13-15,18H,6-9H2,1H3/t10?,13-,14+,15?. The molecule has 0 aliphatic carbocycles. The maximum absolute atomic E-state index is 12.3. The van der Waals surface area contributed by atoms with E-state index in [1.807, 2.05) is 31.2 Å². The van der Waals surface area contributed by atoms with E-state index < -0.39 is 0 Å². The zero-order valence-electron chi connectivity index (χ0n) is 11.6. The predicted molar refractivity (Wildman–Crippen MR) is 81.6 cm³/mol. The second-order valence-corrected chi connectivity index (χ2v) is 6.86. The quantitative estimate of drug-likeness (QED) is 0.859. The summed E-state index contributed by atoms with van der Waals surface area (Å²) in [6.07, 6.45) is 4.48. The summed E-state index contributed by atoms with van der Waals surface area (Å²) in [6, 6.07) is 8.97. The summed E-state index contributed by atoms with van der Waals surface area (Å²) >= 11 is 3.41. The molecule has 2 aliphatic rings. The minimum atomic E-state index is -0.198. The molecule has 2 fully saturated rings. The molecule has 0 aromatic heterocycles. The number of benzene rings is 1. The van der Waals surface area contributed by atoms with E-state index in [0.717, 1.165) is 22.9 Å². The van der Waals surface area contributed by atoms with Crippen molar-refractivity contribution in [2.45, 2.75) is 56.7 Å². The molecule has 1 N–H and O–H groups in total. The fraction of sp³-hybridized carbons (Fsp3) is 0.562. The van der Waals surface area contributed by atoms with Crippen molar-refractivity contribution in [2.75, 3.05) is 0 Å². The smallest absolute Gasteiger partial charge is 0.313 e. The lowest BCUT2D eigenvalue weighted by Gasteiger charge is -2.29. The van der Waals surface area contributed by atoms with Gasteiger partial charge in [0.05, 0.1) is 5.92 Å². The van der Waals surface area contributed by atoms with E-state index in [-0.39, 0.29) is 18.0 Å². The fourth-order valence-electron chi connectivity index (χ4n) is 3.26. The molecule has 1 aromatic carbocycles. The summed E-state index contributed by atoms with van der Waals surface area (Å²) in [6.45, 7) is 1.92. The number of fused-ring (bicyclic) bond motifs is 2. The van der Waals surface area contributed by atoms with Crippen molar-refractivity contribution in [3.05, 3.63) is 34.3 Å². The molecular formula is C16H20BrNO2. The van der Waals surface area contributed by atoms with E-state index in [1.54, 1.807) is 0 Å². The van der Waals surface area contributed by atoms with Crippen molar-refractivity contribution >= 4 is 21.9 Å². The first kappa shape index (κ1) is 14.1. The number of hydrogen-bond acceptors (Lipinski definition) is 3. The number of esters is 1. The average molecular weight is 338 g/mol. The SMILES string of the molecule is CC(C(=O)OC1C[C@H]2CC[C@@H](C1)N2)c1ccc(Br)cc1. The van der Waals surface area contributed by atoms with Gasteiger partial charge >= 0.3 is 5.97 Å². The van der Waals surface area contributed by atoms with Gasteiger partial charge in [-0.05, 0) is 50.3 Å². The van der Waals surface area contributed by atoms with Crippen LogP contribution in [0.15, 0.2) is 28.7 Å². The Morgan fingerprint density at radius 2 is 1.85 bits per heavy atom. The zero-order chi connectivity index (χ0) is 14.1. The van der Waals surface area contributed by atoms with Crippen LogP contribution in [0.5, 0.6) is 0 Å². The highest BCUT2D eigenvalue weighted by atomic mass is 79.9. The topological polar surface area (TPSA) is 38.3 Å². The Balaban J connectivity index is 1.60. The maximum atomic E-state index is 12.3. The third-order valence-corrected chi connectivity index (χ3v) is 4.96. The Morgan fingerprint density at radius 3 is 2.45 bits per heavy atom. The largest absolute Gasteiger partial charge is 0.462 e. The van der Waals surface area contributed by atoms with Gasteiger partial charge in [0, 0.05) is 16.6 Å². The lowest BCUT2D eigenvalue weighted by molar-refractivity contribution is -0.152. The van der Waals surface area contributed by atoms with E-state index in [4.69, 9.17) is 4.74 Å². The molecule has 4 heteroatoms. The van der Waals surface area contributed by atoms with Crippen LogP contribution in [-0.4, -0.2) is 24.2 Å². The van der Waals surface area contributed by atoms with Crippen LogP contribution in [0.4, 0.5) is 0 Å². The number of ether oxygens (including phenoxy) is 1. The first-order chi connectivity index (χ1) is 9.61. The molecule has 108 valence electrons. The Hall–Kier alpha value is -0.870. The number of rotatable bonds is 3. The van der Waals surface area contributed by atoms with E-state index in [0.29, 0.717) is 12.1 Å². The number of hydrogen-bond donors (Lipinski definition) is 1. The monoisotopic (exact) mass is 337 g/mol.